The fraction of sp³-hybridized carbons (Fsp3) is 0.240. The molecule has 0 saturated heterocycles. The average Bonchev–Trinajstić information content (AvgIpc) is 3.25. The molecule has 0 aliphatic heterocycles. The van der Waals surface area contributed by atoms with Crippen molar-refractivity contribution >= 4 is 22.8 Å². The Bertz CT molecular complexity index is 1280. The van der Waals surface area contributed by atoms with Crippen LogP contribution in [0.1, 0.15) is 20.3 Å². The Labute approximate surface area is 197 Å². The van der Waals surface area contributed by atoms with E-state index in [2.05, 4.69) is 9.97 Å². The third kappa shape index (κ3) is 4.18. The SMILES string of the molecule is CCC(=O)N(n1cc(-c2ccc(Oc3ccccc3)cc2)c2c(N)ncnc21)C(C)(CO)CO. The number of nitrogen functional groups attached to an aromatic ring is 1. The Hall–Kier alpha value is -3.95. The molecule has 34 heavy (non-hydrogen) atoms. The number of amides is 1. The summed E-state index contributed by atoms with van der Waals surface area (Å²) in [6, 6.07) is 16.9. The number of para-hydroxylation sites is 1. The lowest BCUT2D eigenvalue weighted by molar-refractivity contribution is -0.122. The monoisotopic (exact) mass is 461 g/mol. The Morgan fingerprint density at radius 2 is 1.71 bits per heavy atom. The van der Waals surface area contributed by atoms with E-state index in [1.807, 2.05) is 54.6 Å². The number of nitrogens with two attached hydrogens (primary N) is 1. The van der Waals surface area contributed by atoms with Gasteiger partial charge in [0.25, 0.3) is 0 Å². The summed E-state index contributed by atoms with van der Waals surface area (Å²) in [7, 11) is 0. The second kappa shape index (κ2) is 9.50. The maximum atomic E-state index is 13.0. The lowest BCUT2D eigenvalue weighted by atomic mass is 10.0. The number of carbonyl (C=O) groups is 1. The maximum Gasteiger partial charge on any atom is 0.241 e. The van der Waals surface area contributed by atoms with E-state index in [1.54, 1.807) is 20.0 Å². The summed E-state index contributed by atoms with van der Waals surface area (Å²) >= 11 is 0. The molecule has 2 heterocycles. The number of fused-ring (bicyclic) bond motifs is 1. The van der Waals surface area contributed by atoms with Gasteiger partial charge in [0.15, 0.2) is 5.65 Å². The molecule has 0 saturated carbocycles. The van der Waals surface area contributed by atoms with Crippen molar-refractivity contribution in [2.24, 2.45) is 0 Å². The molecule has 0 fully saturated rings. The van der Waals surface area contributed by atoms with Crippen molar-refractivity contribution in [3.05, 3.63) is 67.1 Å². The van der Waals surface area contributed by atoms with Crippen molar-refractivity contribution in [3.8, 4) is 22.6 Å². The summed E-state index contributed by atoms with van der Waals surface area (Å²) in [6.07, 6.45) is 3.20. The van der Waals surface area contributed by atoms with Crippen LogP contribution in [0.2, 0.25) is 0 Å². The third-order valence-corrected chi connectivity index (χ3v) is 5.69. The molecule has 176 valence electrons. The minimum absolute atomic E-state index is 0.163. The quantitative estimate of drug-likeness (QED) is 0.368. The molecule has 4 aromatic rings. The largest absolute Gasteiger partial charge is 0.457 e. The first-order chi connectivity index (χ1) is 16.4. The topological polar surface area (TPSA) is 127 Å². The van der Waals surface area contributed by atoms with E-state index in [-0.39, 0.29) is 18.1 Å². The zero-order valence-corrected chi connectivity index (χ0v) is 19.0. The van der Waals surface area contributed by atoms with Crippen molar-refractivity contribution in [2.75, 3.05) is 24.0 Å². The van der Waals surface area contributed by atoms with Gasteiger partial charge >= 0.3 is 0 Å². The summed E-state index contributed by atoms with van der Waals surface area (Å²) in [5, 5.41) is 21.9. The van der Waals surface area contributed by atoms with Crippen LogP contribution in [0.4, 0.5) is 5.82 Å². The van der Waals surface area contributed by atoms with Gasteiger partial charge in [-0.2, -0.15) is 0 Å². The third-order valence-electron chi connectivity index (χ3n) is 5.69. The van der Waals surface area contributed by atoms with E-state index in [0.717, 1.165) is 11.3 Å². The van der Waals surface area contributed by atoms with Gasteiger partial charge in [-0.1, -0.05) is 37.3 Å². The number of benzene rings is 2. The summed E-state index contributed by atoms with van der Waals surface area (Å²) in [5.41, 5.74) is 6.87. The van der Waals surface area contributed by atoms with Crippen molar-refractivity contribution in [2.45, 2.75) is 25.8 Å². The number of anilines is 1. The van der Waals surface area contributed by atoms with Gasteiger partial charge in [-0.15, -0.1) is 0 Å². The van der Waals surface area contributed by atoms with Crippen molar-refractivity contribution < 1.29 is 19.7 Å². The molecule has 0 atom stereocenters. The van der Waals surface area contributed by atoms with E-state index in [0.29, 0.717) is 22.3 Å². The van der Waals surface area contributed by atoms with Crippen LogP contribution in [0.25, 0.3) is 22.2 Å². The number of aliphatic hydroxyl groups is 2. The fourth-order valence-corrected chi connectivity index (χ4v) is 3.78. The molecule has 2 aromatic carbocycles. The smallest absolute Gasteiger partial charge is 0.241 e. The van der Waals surface area contributed by atoms with Crippen molar-refractivity contribution in [1.29, 1.82) is 0 Å². The molecular weight excluding hydrogens is 434 g/mol. The van der Waals surface area contributed by atoms with Crippen LogP contribution in [-0.4, -0.2) is 49.5 Å². The lowest BCUT2D eigenvalue weighted by Crippen LogP contribution is -2.60. The maximum absolute atomic E-state index is 13.0. The van der Waals surface area contributed by atoms with E-state index in [1.165, 1.54) is 16.0 Å². The molecule has 4 N–H and O–H groups in total. The van der Waals surface area contributed by atoms with Gasteiger partial charge in [0.1, 0.15) is 29.2 Å². The lowest BCUT2D eigenvalue weighted by Gasteiger charge is -2.39. The molecule has 0 radical (unpaired) electrons. The molecule has 0 spiro atoms. The molecule has 4 rings (SSSR count). The first kappa shape index (κ1) is 23.2. The van der Waals surface area contributed by atoms with Crippen LogP contribution in [0, 0.1) is 0 Å². The van der Waals surface area contributed by atoms with Crippen molar-refractivity contribution in [1.82, 2.24) is 14.6 Å². The highest BCUT2D eigenvalue weighted by molar-refractivity contribution is 6.02. The van der Waals surface area contributed by atoms with Gasteiger partial charge in [-0.05, 0) is 36.8 Å². The van der Waals surface area contributed by atoms with E-state index in [4.69, 9.17) is 10.5 Å². The van der Waals surface area contributed by atoms with Crippen LogP contribution in [0.15, 0.2) is 67.1 Å². The summed E-state index contributed by atoms with van der Waals surface area (Å²) in [6.45, 7) is 2.42. The van der Waals surface area contributed by atoms with Gasteiger partial charge in [0, 0.05) is 18.2 Å². The number of rotatable bonds is 8. The number of hydrogen-bond acceptors (Lipinski definition) is 7. The standard InChI is InChI=1S/C25H27N5O4/c1-3-21(33)30(25(2,14-31)15-32)29-13-20(22-23(26)27-16-28-24(22)29)17-9-11-19(12-10-17)34-18-7-5-4-6-8-18/h4-13,16,31-32H,3,14-15H2,1-2H3,(H2,26,27,28). The van der Waals surface area contributed by atoms with E-state index in [9.17, 15) is 15.0 Å². The zero-order chi connectivity index (χ0) is 24.3. The number of nitrogens with zero attached hydrogens (tertiary/aromatic N) is 4. The molecule has 1 amide bonds. The molecule has 0 bridgehead atoms. The number of aliphatic hydroxyl groups excluding tert-OH is 2. The molecule has 0 aliphatic carbocycles. The van der Waals surface area contributed by atoms with Crippen molar-refractivity contribution in [3.63, 3.8) is 0 Å². The molecule has 9 heteroatoms. The minimum atomic E-state index is -1.26. The van der Waals surface area contributed by atoms with Gasteiger partial charge in [0.05, 0.1) is 18.6 Å². The van der Waals surface area contributed by atoms with Gasteiger partial charge in [-0.25, -0.2) is 19.7 Å². The fourth-order valence-electron chi connectivity index (χ4n) is 3.78. The van der Waals surface area contributed by atoms with Crippen LogP contribution in [-0.2, 0) is 4.79 Å². The number of aromatic nitrogens is 3. The first-order valence-electron chi connectivity index (χ1n) is 10.9. The Morgan fingerprint density at radius 1 is 1.06 bits per heavy atom. The number of ether oxygens (including phenoxy) is 1. The normalized spacial score (nSPS) is 11.5. The second-order valence-electron chi connectivity index (χ2n) is 8.16. The van der Waals surface area contributed by atoms with Crippen LogP contribution < -0.4 is 15.5 Å². The Kier molecular flexibility index (Phi) is 6.49. The summed E-state index contributed by atoms with van der Waals surface area (Å²) in [4.78, 5) is 21.5. The second-order valence-corrected chi connectivity index (χ2v) is 8.16. The minimum Gasteiger partial charge on any atom is -0.457 e. The Balaban J connectivity index is 1.83. The highest BCUT2D eigenvalue weighted by Gasteiger charge is 2.37. The molecule has 0 unspecified atom stereocenters. The van der Waals surface area contributed by atoms with Crippen LogP contribution in [0.5, 0.6) is 11.5 Å². The summed E-state index contributed by atoms with van der Waals surface area (Å²) < 4.78 is 7.42. The first-order valence-corrected chi connectivity index (χ1v) is 10.9. The Morgan fingerprint density at radius 3 is 2.32 bits per heavy atom. The molecule has 9 nitrogen and oxygen atoms in total. The van der Waals surface area contributed by atoms with Gasteiger partial charge in [-0.3, -0.25) is 4.79 Å². The predicted octanol–water partition coefficient (Wildman–Crippen LogP) is 3.09. The van der Waals surface area contributed by atoms with Crippen LogP contribution in [0.3, 0.4) is 0 Å². The van der Waals surface area contributed by atoms with Gasteiger partial charge < -0.3 is 20.7 Å². The highest BCUT2D eigenvalue weighted by Crippen LogP contribution is 2.35. The zero-order valence-electron chi connectivity index (χ0n) is 19.0. The number of hydrogen-bond donors (Lipinski definition) is 3. The van der Waals surface area contributed by atoms with E-state index >= 15 is 0 Å². The molecular formula is C25H27N5O4. The van der Waals surface area contributed by atoms with Gasteiger partial charge in [0.2, 0.25) is 5.91 Å². The predicted molar refractivity (Wildman–Crippen MR) is 130 cm³/mol. The van der Waals surface area contributed by atoms with Crippen LogP contribution >= 0.6 is 0 Å². The summed E-state index contributed by atoms with van der Waals surface area (Å²) in [5.74, 6) is 1.35. The number of carbonyl (C=O) groups excluding carboxylic acids is 1. The highest BCUT2D eigenvalue weighted by atomic mass is 16.5. The molecule has 2 aromatic heterocycles. The molecule has 0 aliphatic rings. The average molecular weight is 462 g/mol. The van der Waals surface area contributed by atoms with E-state index < -0.39 is 18.8 Å².